The molecular weight excluding hydrogens is 211 g/mol. The van der Waals surface area contributed by atoms with Crippen LogP contribution in [0.5, 0.6) is 0 Å². The second-order valence-electron chi connectivity index (χ2n) is 1.44. The molecule has 0 N–H and O–H groups in total. The van der Waals surface area contributed by atoms with E-state index in [-0.39, 0.29) is 0 Å². The van der Waals surface area contributed by atoms with Gasteiger partial charge in [-0.25, -0.2) is 0 Å². The van der Waals surface area contributed by atoms with Gasteiger partial charge < -0.3 is 0 Å². The summed E-state index contributed by atoms with van der Waals surface area (Å²) in [6.07, 6.45) is 0. The Kier molecular flexibility index (Phi) is 3.88. The maximum atomic E-state index is 12.0. The molecule has 11 heavy (non-hydrogen) atoms. The van der Waals surface area contributed by atoms with Crippen molar-refractivity contribution >= 4 is 16.2 Å². The first-order chi connectivity index (χ1) is 4.77. The Labute approximate surface area is 60.9 Å². The maximum absolute atomic E-state index is 12.0. The summed E-state index contributed by atoms with van der Waals surface area (Å²) in [7, 11) is -12.0. The summed E-state index contributed by atoms with van der Waals surface area (Å²) in [4.78, 5) is 0. The van der Waals surface area contributed by atoms with E-state index in [9.17, 15) is 21.0 Å². The third-order valence-electron chi connectivity index (χ3n) is 0.548. The van der Waals surface area contributed by atoms with Gasteiger partial charge in [0.05, 0.1) is 0 Å². The first-order valence-corrected chi connectivity index (χ1v) is 5.53. The number of nitrogens with zero attached hydrogens (tertiary/aromatic N) is 1. The zero-order chi connectivity index (χ0) is 9.12. The molecule has 0 spiro atoms. The molecule has 0 aromatic rings. The predicted molar refractivity (Wildman–Crippen MR) is 34.8 cm³/mol. The molecule has 70 valence electrons. The molecule has 0 amide bonds. The third kappa shape index (κ3) is 6.66. The van der Waals surface area contributed by atoms with Crippen LogP contribution in [0.25, 0.3) is 0 Å². The molecule has 0 bridgehead atoms. The molecule has 9 heteroatoms. The van der Waals surface area contributed by atoms with Crippen molar-refractivity contribution < 1.29 is 25.5 Å². The molecule has 0 aliphatic carbocycles. The van der Waals surface area contributed by atoms with Gasteiger partial charge in [0.25, 0.3) is 0 Å². The first kappa shape index (κ1) is 11.3. The topological polar surface area (TPSA) is 21.6 Å². The van der Waals surface area contributed by atoms with Gasteiger partial charge in [-0.1, -0.05) is 0 Å². The van der Waals surface area contributed by atoms with E-state index in [2.05, 4.69) is 4.52 Å². The SMILES string of the molecule is CCO[PH](F)(F)N=P(F)(F)F. The molecule has 0 fully saturated rings. The van der Waals surface area contributed by atoms with Crippen molar-refractivity contribution in [3.05, 3.63) is 0 Å². The molecule has 0 saturated heterocycles. The van der Waals surface area contributed by atoms with Gasteiger partial charge in [-0.15, -0.1) is 0 Å². The van der Waals surface area contributed by atoms with Gasteiger partial charge in [0, 0.05) is 0 Å². The predicted octanol–water partition coefficient (Wildman–Crippen LogP) is 4.23. The van der Waals surface area contributed by atoms with Crippen molar-refractivity contribution in [1.82, 2.24) is 0 Å². The van der Waals surface area contributed by atoms with Crippen LogP contribution in [0.3, 0.4) is 0 Å². The van der Waals surface area contributed by atoms with Crippen molar-refractivity contribution in [2.45, 2.75) is 6.92 Å². The van der Waals surface area contributed by atoms with E-state index in [1.54, 1.807) is 0 Å². The summed E-state index contributed by atoms with van der Waals surface area (Å²) in [5.74, 6) is 0. The molecule has 0 rings (SSSR count). The average molecular weight is 217 g/mol. The third-order valence-corrected chi connectivity index (χ3v) is 3.02. The molecule has 0 aliphatic rings. The molecule has 0 radical (unpaired) electrons. The Morgan fingerprint density at radius 2 is 1.82 bits per heavy atom. The van der Waals surface area contributed by atoms with E-state index >= 15 is 0 Å². The Balaban J connectivity index is 4.34. The van der Waals surface area contributed by atoms with Crippen LogP contribution in [0, 0.1) is 0 Å². The average Bonchev–Trinajstić information content (AvgIpc) is 1.55. The summed E-state index contributed by atoms with van der Waals surface area (Å²) in [5, 5.41) is 0. The fourth-order valence-electron chi connectivity index (χ4n) is 0.335. The fourth-order valence-corrected chi connectivity index (χ4v) is 1.97. The van der Waals surface area contributed by atoms with Crippen molar-refractivity contribution in [1.29, 1.82) is 0 Å². The van der Waals surface area contributed by atoms with Gasteiger partial charge >= 0.3 is 59.8 Å². The van der Waals surface area contributed by atoms with Crippen LogP contribution in [-0.2, 0) is 4.52 Å². The van der Waals surface area contributed by atoms with Crippen LogP contribution in [0.2, 0.25) is 0 Å². The van der Waals surface area contributed by atoms with E-state index in [0.717, 1.165) is 0 Å². The summed E-state index contributed by atoms with van der Waals surface area (Å²) in [5.41, 5.74) is 0. The van der Waals surface area contributed by atoms with Crippen molar-refractivity contribution in [2.24, 2.45) is 4.52 Å². The zero-order valence-corrected chi connectivity index (χ0v) is 7.29. The van der Waals surface area contributed by atoms with Crippen LogP contribution >= 0.6 is 16.2 Å². The molecule has 0 atom stereocenters. The fraction of sp³-hybridized carbons (Fsp3) is 1.00. The molecule has 0 aliphatic heterocycles. The Morgan fingerprint density at radius 3 is 2.09 bits per heavy atom. The summed E-state index contributed by atoms with van der Waals surface area (Å²) >= 11 is 0. The van der Waals surface area contributed by atoms with E-state index in [1.807, 2.05) is 0 Å². The van der Waals surface area contributed by atoms with Crippen LogP contribution in [0.15, 0.2) is 4.52 Å². The van der Waals surface area contributed by atoms with E-state index in [0.29, 0.717) is 0 Å². The minimum atomic E-state index is -6.26. The molecule has 0 unspecified atom stereocenters. The summed E-state index contributed by atoms with van der Waals surface area (Å²) < 4.78 is 62.8. The van der Waals surface area contributed by atoms with Gasteiger partial charge in [0.2, 0.25) is 0 Å². The zero-order valence-electron chi connectivity index (χ0n) is 5.40. The van der Waals surface area contributed by atoms with Gasteiger partial charge in [0.15, 0.2) is 0 Å². The Morgan fingerprint density at radius 1 is 1.36 bits per heavy atom. The molecule has 0 aromatic heterocycles. The van der Waals surface area contributed by atoms with E-state index in [4.69, 9.17) is 0 Å². The summed E-state index contributed by atoms with van der Waals surface area (Å²) in [6.45, 7) is 0.730. The number of halogens is 5. The van der Waals surface area contributed by atoms with Crippen molar-refractivity contribution in [3.63, 3.8) is 0 Å². The van der Waals surface area contributed by atoms with Crippen molar-refractivity contribution in [3.8, 4) is 0 Å². The van der Waals surface area contributed by atoms with Crippen LogP contribution in [-0.4, -0.2) is 6.61 Å². The van der Waals surface area contributed by atoms with Crippen LogP contribution in [0.4, 0.5) is 21.0 Å². The number of rotatable bonds is 3. The van der Waals surface area contributed by atoms with Gasteiger partial charge in [-0.05, 0) is 0 Å². The molecular formula is C2H6F5NOP2. The Hall–Kier alpha value is 0.270. The molecule has 2 nitrogen and oxygen atoms in total. The second kappa shape index (κ2) is 3.78. The van der Waals surface area contributed by atoms with Gasteiger partial charge in [0.1, 0.15) is 0 Å². The monoisotopic (exact) mass is 217 g/mol. The summed E-state index contributed by atoms with van der Waals surface area (Å²) in [6, 6.07) is 0. The Bertz CT molecular complexity index is 169. The number of hydrogen-bond donors (Lipinski definition) is 0. The molecule has 0 aromatic carbocycles. The quantitative estimate of drug-likeness (QED) is 0.512. The van der Waals surface area contributed by atoms with Crippen LogP contribution in [0.1, 0.15) is 6.92 Å². The van der Waals surface area contributed by atoms with Gasteiger partial charge in [-0.3, -0.25) is 0 Å². The first-order valence-electron chi connectivity index (χ1n) is 2.51. The van der Waals surface area contributed by atoms with Crippen LogP contribution < -0.4 is 0 Å². The van der Waals surface area contributed by atoms with Crippen molar-refractivity contribution in [2.75, 3.05) is 6.61 Å². The number of hydrogen-bond acceptors (Lipinski definition) is 2. The molecule has 0 heterocycles. The normalized spacial score (nSPS) is 14.7. The second-order valence-corrected chi connectivity index (χ2v) is 4.34. The van der Waals surface area contributed by atoms with Gasteiger partial charge in [-0.2, -0.15) is 0 Å². The molecule has 0 saturated carbocycles. The minimum absolute atomic E-state index is 0.456. The van der Waals surface area contributed by atoms with E-state index < -0.39 is 22.9 Å². The standard InChI is InChI=1S/C2H6F5NOP2/c1-2-9-11(6,7)8-10(3,4)5/h11H,2H2,1H3. The van der Waals surface area contributed by atoms with E-state index in [1.165, 1.54) is 11.4 Å².